The SMILES string of the molecule is CC(C)c1cc(F)cc(-c2cnc(C3CC3)cn2)c1. The normalized spacial score (nSPS) is 14.9. The van der Waals surface area contributed by atoms with Crippen LogP contribution in [0.25, 0.3) is 11.3 Å². The van der Waals surface area contributed by atoms with Crippen molar-refractivity contribution in [2.45, 2.75) is 38.5 Å². The van der Waals surface area contributed by atoms with Crippen LogP contribution in [-0.2, 0) is 0 Å². The second kappa shape index (κ2) is 4.72. The summed E-state index contributed by atoms with van der Waals surface area (Å²) < 4.78 is 13.6. The first-order valence-electron chi connectivity index (χ1n) is 6.76. The van der Waals surface area contributed by atoms with Gasteiger partial charge in [0.15, 0.2) is 0 Å². The van der Waals surface area contributed by atoms with Crippen molar-refractivity contribution >= 4 is 0 Å². The fraction of sp³-hybridized carbons (Fsp3) is 0.375. The average Bonchev–Trinajstić information content (AvgIpc) is 3.22. The molecule has 1 fully saturated rings. The summed E-state index contributed by atoms with van der Waals surface area (Å²) in [5.74, 6) is 0.683. The summed E-state index contributed by atoms with van der Waals surface area (Å²) in [4.78, 5) is 8.86. The van der Waals surface area contributed by atoms with Gasteiger partial charge in [0.25, 0.3) is 0 Å². The van der Waals surface area contributed by atoms with Gasteiger partial charge in [0, 0.05) is 17.7 Å². The summed E-state index contributed by atoms with van der Waals surface area (Å²) in [7, 11) is 0. The molecule has 2 nitrogen and oxygen atoms in total. The quantitative estimate of drug-likeness (QED) is 0.819. The first-order valence-corrected chi connectivity index (χ1v) is 6.76. The maximum atomic E-state index is 13.6. The highest BCUT2D eigenvalue weighted by molar-refractivity contribution is 5.59. The lowest BCUT2D eigenvalue weighted by Crippen LogP contribution is -1.94. The number of nitrogens with zero attached hydrogens (tertiary/aromatic N) is 2. The lowest BCUT2D eigenvalue weighted by molar-refractivity contribution is 0.624. The van der Waals surface area contributed by atoms with Gasteiger partial charge < -0.3 is 0 Å². The molecule has 3 rings (SSSR count). The van der Waals surface area contributed by atoms with Gasteiger partial charge in [-0.05, 0) is 42.5 Å². The van der Waals surface area contributed by atoms with E-state index in [0.717, 1.165) is 22.5 Å². The van der Waals surface area contributed by atoms with Crippen LogP contribution in [0.4, 0.5) is 4.39 Å². The monoisotopic (exact) mass is 256 g/mol. The summed E-state index contributed by atoms with van der Waals surface area (Å²) in [5, 5.41) is 0. The van der Waals surface area contributed by atoms with Crippen molar-refractivity contribution in [3.8, 4) is 11.3 Å². The predicted octanol–water partition coefficient (Wildman–Crippen LogP) is 4.28. The van der Waals surface area contributed by atoms with E-state index in [9.17, 15) is 4.39 Å². The molecule has 2 aromatic rings. The second-order valence-electron chi connectivity index (χ2n) is 5.53. The van der Waals surface area contributed by atoms with Crippen molar-refractivity contribution in [1.82, 2.24) is 9.97 Å². The fourth-order valence-corrected chi connectivity index (χ4v) is 2.17. The van der Waals surface area contributed by atoms with Crippen LogP contribution < -0.4 is 0 Å². The molecule has 1 aliphatic rings. The van der Waals surface area contributed by atoms with E-state index < -0.39 is 0 Å². The summed E-state index contributed by atoms with van der Waals surface area (Å²) in [6.07, 6.45) is 6.01. The van der Waals surface area contributed by atoms with Crippen molar-refractivity contribution < 1.29 is 4.39 Å². The molecule has 0 bridgehead atoms. The summed E-state index contributed by atoms with van der Waals surface area (Å²) in [6.45, 7) is 4.11. The number of rotatable bonds is 3. The smallest absolute Gasteiger partial charge is 0.124 e. The Morgan fingerprint density at radius 1 is 1.11 bits per heavy atom. The zero-order chi connectivity index (χ0) is 13.4. The van der Waals surface area contributed by atoms with Crippen LogP contribution in [0.1, 0.15) is 49.8 Å². The average molecular weight is 256 g/mol. The molecule has 0 radical (unpaired) electrons. The van der Waals surface area contributed by atoms with E-state index in [1.54, 1.807) is 12.3 Å². The minimum Gasteiger partial charge on any atom is -0.257 e. The predicted molar refractivity (Wildman–Crippen MR) is 73.5 cm³/mol. The molecule has 19 heavy (non-hydrogen) atoms. The minimum absolute atomic E-state index is 0.214. The van der Waals surface area contributed by atoms with Gasteiger partial charge in [0.05, 0.1) is 17.6 Å². The van der Waals surface area contributed by atoms with Crippen LogP contribution in [0.15, 0.2) is 30.6 Å². The molecule has 1 heterocycles. The first-order chi connectivity index (χ1) is 9.13. The van der Waals surface area contributed by atoms with Crippen LogP contribution in [0.2, 0.25) is 0 Å². The number of aromatic nitrogens is 2. The number of hydrogen-bond acceptors (Lipinski definition) is 2. The highest BCUT2D eigenvalue weighted by Gasteiger charge is 2.25. The molecule has 3 heteroatoms. The molecule has 0 amide bonds. The molecule has 0 saturated heterocycles. The molecule has 0 spiro atoms. The van der Waals surface area contributed by atoms with E-state index in [4.69, 9.17) is 0 Å². The maximum Gasteiger partial charge on any atom is 0.124 e. The summed E-state index contributed by atoms with van der Waals surface area (Å²) >= 11 is 0. The van der Waals surface area contributed by atoms with Crippen molar-refractivity contribution in [2.24, 2.45) is 0 Å². The molecule has 0 unspecified atom stereocenters. The van der Waals surface area contributed by atoms with Gasteiger partial charge in [-0.2, -0.15) is 0 Å². The standard InChI is InChI=1S/C16H17FN2/c1-10(2)12-5-13(7-14(17)6-12)16-9-18-15(8-19-16)11-3-4-11/h5-11H,3-4H2,1-2H3. The molecule has 0 atom stereocenters. The molecule has 0 N–H and O–H groups in total. The van der Waals surface area contributed by atoms with E-state index >= 15 is 0 Å². The van der Waals surface area contributed by atoms with Crippen LogP contribution >= 0.6 is 0 Å². The van der Waals surface area contributed by atoms with E-state index in [1.807, 2.05) is 12.3 Å². The first kappa shape index (κ1) is 12.3. The van der Waals surface area contributed by atoms with E-state index in [1.165, 1.54) is 18.9 Å². The number of benzene rings is 1. The largest absolute Gasteiger partial charge is 0.257 e. The lowest BCUT2D eigenvalue weighted by atomic mass is 9.99. The van der Waals surface area contributed by atoms with Gasteiger partial charge in [0.1, 0.15) is 5.82 Å². The highest BCUT2D eigenvalue weighted by Crippen LogP contribution is 2.38. The third-order valence-corrected chi connectivity index (χ3v) is 3.55. The Hall–Kier alpha value is -1.77. The Morgan fingerprint density at radius 3 is 2.47 bits per heavy atom. The van der Waals surface area contributed by atoms with Crippen molar-refractivity contribution in [3.05, 3.63) is 47.7 Å². The molecule has 1 aromatic carbocycles. The Bertz CT molecular complexity index is 586. The topological polar surface area (TPSA) is 25.8 Å². The van der Waals surface area contributed by atoms with Gasteiger partial charge in [0.2, 0.25) is 0 Å². The maximum absolute atomic E-state index is 13.6. The fourth-order valence-electron chi connectivity index (χ4n) is 2.17. The molecule has 98 valence electrons. The molecule has 0 aliphatic heterocycles. The molecular formula is C16H17FN2. The third-order valence-electron chi connectivity index (χ3n) is 3.55. The molecule has 1 aliphatic carbocycles. The van der Waals surface area contributed by atoms with Crippen molar-refractivity contribution in [3.63, 3.8) is 0 Å². The zero-order valence-electron chi connectivity index (χ0n) is 11.2. The number of halogens is 1. The molecule has 1 aromatic heterocycles. The van der Waals surface area contributed by atoms with Gasteiger partial charge in [-0.25, -0.2) is 4.39 Å². The summed E-state index contributed by atoms with van der Waals surface area (Å²) in [6, 6.07) is 5.10. The second-order valence-corrected chi connectivity index (χ2v) is 5.53. The summed E-state index contributed by atoms with van der Waals surface area (Å²) in [5.41, 5.74) is 3.59. The molecular weight excluding hydrogens is 239 g/mol. The lowest BCUT2D eigenvalue weighted by Gasteiger charge is -2.09. The van der Waals surface area contributed by atoms with Crippen LogP contribution in [-0.4, -0.2) is 9.97 Å². The zero-order valence-corrected chi connectivity index (χ0v) is 11.2. The van der Waals surface area contributed by atoms with Gasteiger partial charge >= 0.3 is 0 Å². The Labute approximate surface area is 112 Å². The highest BCUT2D eigenvalue weighted by atomic mass is 19.1. The van der Waals surface area contributed by atoms with Gasteiger partial charge in [-0.1, -0.05) is 13.8 Å². The third kappa shape index (κ3) is 2.65. The van der Waals surface area contributed by atoms with E-state index in [0.29, 0.717) is 11.8 Å². The van der Waals surface area contributed by atoms with Gasteiger partial charge in [-0.15, -0.1) is 0 Å². The minimum atomic E-state index is -0.214. The Balaban J connectivity index is 1.96. The van der Waals surface area contributed by atoms with Crippen LogP contribution in [0.5, 0.6) is 0 Å². The Kier molecular flexibility index (Phi) is 3.05. The van der Waals surface area contributed by atoms with Crippen LogP contribution in [0.3, 0.4) is 0 Å². The Morgan fingerprint density at radius 2 is 1.89 bits per heavy atom. The van der Waals surface area contributed by atoms with Crippen LogP contribution in [0, 0.1) is 5.82 Å². The molecule has 1 saturated carbocycles. The van der Waals surface area contributed by atoms with Crippen molar-refractivity contribution in [2.75, 3.05) is 0 Å². The van der Waals surface area contributed by atoms with Gasteiger partial charge in [-0.3, -0.25) is 9.97 Å². The van der Waals surface area contributed by atoms with E-state index in [-0.39, 0.29) is 5.82 Å². The van der Waals surface area contributed by atoms with E-state index in [2.05, 4.69) is 23.8 Å². The van der Waals surface area contributed by atoms with Crippen molar-refractivity contribution in [1.29, 1.82) is 0 Å². The number of hydrogen-bond donors (Lipinski definition) is 0.